The van der Waals surface area contributed by atoms with E-state index < -0.39 is 24.0 Å². The molecule has 0 fully saturated rings. The van der Waals surface area contributed by atoms with E-state index in [1.165, 1.54) is 6.92 Å². The van der Waals surface area contributed by atoms with Gasteiger partial charge in [-0.1, -0.05) is 30.3 Å². The third kappa shape index (κ3) is 7.19. The maximum atomic E-state index is 12.3. The lowest BCUT2D eigenvalue weighted by atomic mass is 10.1. The van der Waals surface area contributed by atoms with Crippen LogP contribution in [-0.4, -0.2) is 47.0 Å². The van der Waals surface area contributed by atoms with Gasteiger partial charge in [0.25, 0.3) is 0 Å². The molecule has 0 unspecified atom stereocenters. The average molecular weight is 338 g/mol. The third-order valence-electron chi connectivity index (χ3n) is 3.20. The van der Waals surface area contributed by atoms with Crippen LogP contribution in [0.5, 0.6) is 0 Å². The quantitative estimate of drug-likeness (QED) is 0.626. The Morgan fingerprint density at radius 2 is 1.78 bits per heavy atom. The standard InChI is InChI=1S/C16H22N2O4S/c1-11(19)17-13(8-9-23-2)15(20)18-14(16(21)22)10-12-6-4-3-5-7-12/h3-7,13-14H,8-10H2,1-2H3,(H,17,19)(H,18,20)(H,21,22)/t13-,14-/m0/s1. The van der Waals surface area contributed by atoms with Crippen LogP contribution in [-0.2, 0) is 20.8 Å². The fraction of sp³-hybridized carbons (Fsp3) is 0.438. The van der Waals surface area contributed by atoms with E-state index in [1.54, 1.807) is 23.9 Å². The van der Waals surface area contributed by atoms with Gasteiger partial charge in [-0.05, 0) is 24.0 Å². The molecule has 2 atom stereocenters. The molecular weight excluding hydrogens is 316 g/mol. The van der Waals surface area contributed by atoms with Gasteiger partial charge in [-0.25, -0.2) is 4.79 Å². The number of thioether (sulfide) groups is 1. The molecule has 23 heavy (non-hydrogen) atoms. The zero-order chi connectivity index (χ0) is 17.2. The van der Waals surface area contributed by atoms with Crippen LogP contribution in [0.1, 0.15) is 18.9 Å². The minimum atomic E-state index is -1.10. The second-order valence-corrected chi connectivity index (χ2v) is 6.11. The molecule has 7 heteroatoms. The average Bonchev–Trinajstić information content (AvgIpc) is 2.51. The highest BCUT2D eigenvalue weighted by Gasteiger charge is 2.25. The molecule has 0 spiro atoms. The first-order valence-electron chi connectivity index (χ1n) is 7.27. The fourth-order valence-electron chi connectivity index (χ4n) is 2.07. The molecule has 2 amide bonds. The van der Waals surface area contributed by atoms with Gasteiger partial charge in [-0.2, -0.15) is 11.8 Å². The van der Waals surface area contributed by atoms with E-state index in [0.717, 1.165) is 5.56 Å². The van der Waals surface area contributed by atoms with Gasteiger partial charge in [0.1, 0.15) is 12.1 Å². The molecule has 0 aliphatic rings. The van der Waals surface area contributed by atoms with Crippen molar-refractivity contribution in [2.75, 3.05) is 12.0 Å². The highest BCUT2D eigenvalue weighted by Crippen LogP contribution is 2.06. The van der Waals surface area contributed by atoms with Crippen molar-refractivity contribution in [1.29, 1.82) is 0 Å². The Bertz CT molecular complexity index is 536. The predicted octanol–water partition coefficient (Wildman–Crippen LogP) is 1.06. The number of aliphatic carboxylic acids is 1. The molecule has 0 bridgehead atoms. The van der Waals surface area contributed by atoms with E-state index in [0.29, 0.717) is 12.2 Å². The van der Waals surface area contributed by atoms with Gasteiger partial charge < -0.3 is 15.7 Å². The highest BCUT2D eigenvalue weighted by atomic mass is 32.2. The number of carboxylic acid groups (broad SMARTS) is 1. The Morgan fingerprint density at radius 1 is 1.13 bits per heavy atom. The summed E-state index contributed by atoms with van der Waals surface area (Å²) >= 11 is 1.55. The van der Waals surface area contributed by atoms with Crippen molar-refractivity contribution in [1.82, 2.24) is 10.6 Å². The maximum absolute atomic E-state index is 12.3. The first kappa shape index (κ1) is 19.0. The second-order valence-electron chi connectivity index (χ2n) is 5.12. The van der Waals surface area contributed by atoms with E-state index in [1.807, 2.05) is 24.5 Å². The molecule has 0 aliphatic carbocycles. The number of hydrogen-bond acceptors (Lipinski definition) is 4. The number of hydrogen-bond donors (Lipinski definition) is 3. The maximum Gasteiger partial charge on any atom is 0.326 e. The number of carbonyl (C=O) groups excluding carboxylic acids is 2. The Kier molecular flexibility index (Phi) is 8.18. The molecule has 3 N–H and O–H groups in total. The molecule has 0 saturated heterocycles. The van der Waals surface area contributed by atoms with Crippen molar-refractivity contribution in [2.24, 2.45) is 0 Å². The smallest absolute Gasteiger partial charge is 0.326 e. The van der Waals surface area contributed by atoms with Crippen LogP contribution in [0.2, 0.25) is 0 Å². The van der Waals surface area contributed by atoms with Crippen LogP contribution in [0.4, 0.5) is 0 Å². The van der Waals surface area contributed by atoms with Crippen molar-refractivity contribution < 1.29 is 19.5 Å². The van der Waals surface area contributed by atoms with Crippen molar-refractivity contribution >= 4 is 29.5 Å². The van der Waals surface area contributed by atoms with Gasteiger partial charge in [0, 0.05) is 13.3 Å². The van der Waals surface area contributed by atoms with E-state index in [2.05, 4.69) is 10.6 Å². The summed E-state index contributed by atoms with van der Waals surface area (Å²) in [6.07, 6.45) is 2.54. The number of rotatable bonds is 9. The minimum absolute atomic E-state index is 0.192. The Morgan fingerprint density at radius 3 is 2.30 bits per heavy atom. The van der Waals surface area contributed by atoms with Crippen LogP contribution >= 0.6 is 11.8 Å². The molecule has 1 aromatic carbocycles. The molecule has 126 valence electrons. The van der Waals surface area contributed by atoms with Gasteiger partial charge in [-0.3, -0.25) is 9.59 Å². The summed E-state index contributed by atoms with van der Waals surface area (Å²) in [6.45, 7) is 1.33. The summed E-state index contributed by atoms with van der Waals surface area (Å²) in [5.74, 6) is -1.21. The van der Waals surface area contributed by atoms with Gasteiger partial charge in [0.15, 0.2) is 0 Å². The number of carboxylic acids is 1. The third-order valence-corrected chi connectivity index (χ3v) is 3.85. The second kappa shape index (κ2) is 9.89. The number of benzene rings is 1. The van der Waals surface area contributed by atoms with E-state index in [4.69, 9.17) is 0 Å². The molecular formula is C16H22N2O4S. The van der Waals surface area contributed by atoms with E-state index in [9.17, 15) is 19.5 Å². The number of nitrogens with one attached hydrogen (secondary N) is 2. The molecule has 1 rings (SSSR count). The van der Waals surface area contributed by atoms with Crippen molar-refractivity contribution in [3.8, 4) is 0 Å². The summed E-state index contributed by atoms with van der Waals surface area (Å²) in [6, 6.07) is 7.33. The lowest BCUT2D eigenvalue weighted by molar-refractivity contribution is -0.142. The summed E-state index contributed by atoms with van der Waals surface area (Å²) in [7, 11) is 0. The summed E-state index contributed by atoms with van der Waals surface area (Å²) in [5, 5.41) is 14.4. The topological polar surface area (TPSA) is 95.5 Å². The van der Waals surface area contributed by atoms with E-state index in [-0.39, 0.29) is 12.3 Å². The Balaban J connectivity index is 2.74. The van der Waals surface area contributed by atoms with Gasteiger partial charge in [-0.15, -0.1) is 0 Å². The zero-order valence-electron chi connectivity index (χ0n) is 13.2. The predicted molar refractivity (Wildman–Crippen MR) is 90.3 cm³/mol. The van der Waals surface area contributed by atoms with Crippen molar-refractivity contribution in [3.05, 3.63) is 35.9 Å². The molecule has 0 aliphatic heterocycles. The SMILES string of the molecule is CSCC[C@H](NC(C)=O)C(=O)N[C@@H](Cc1ccccc1)C(=O)O. The lowest BCUT2D eigenvalue weighted by Gasteiger charge is -2.21. The zero-order valence-corrected chi connectivity index (χ0v) is 14.1. The van der Waals surface area contributed by atoms with Crippen molar-refractivity contribution in [3.63, 3.8) is 0 Å². The first-order chi connectivity index (χ1) is 10.9. The van der Waals surface area contributed by atoms with Crippen LogP contribution in [0, 0.1) is 0 Å². The summed E-state index contributed by atoms with van der Waals surface area (Å²) in [4.78, 5) is 34.9. The molecule has 0 saturated carbocycles. The summed E-state index contributed by atoms with van der Waals surface area (Å²) < 4.78 is 0. The number of carbonyl (C=O) groups is 3. The van der Waals surface area contributed by atoms with Gasteiger partial charge in [0.05, 0.1) is 0 Å². The highest BCUT2D eigenvalue weighted by molar-refractivity contribution is 7.98. The minimum Gasteiger partial charge on any atom is -0.480 e. The Labute approximate surface area is 140 Å². The van der Waals surface area contributed by atoms with Crippen LogP contribution < -0.4 is 10.6 Å². The lowest BCUT2D eigenvalue weighted by Crippen LogP contribution is -2.52. The molecule has 0 radical (unpaired) electrons. The summed E-state index contributed by atoms with van der Waals surface area (Å²) in [5.41, 5.74) is 0.820. The first-order valence-corrected chi connectivity index (χ1v) is 8.66. The molecule has 1 aromatic rings. The van der Waals surface area contributed by atoms with E-state index >= 15 is 0 Å². The fourth-order valence-corrected chi connectivity index (χ4v) is 2.54. The number of amides is 2. The van der Waals surface area contributed by atoms with Crippen molar-refractivity contribution in [2.45, 2.75) is 31.8 Å². The van der Waals surface area contributed by atoms with Crippen LogP contribution in [0.3, 0.4) is 0 Å². The van der Waals surface area contributed by atoms with Gasteiger partial charge in [0.2, 0.25) is 11.8 Å². The molecule has 0 aromatic heterocycles. The van der Waals surface area contributed by atoms with Crippen LogP contribution in [0.15, 0.2) is 30.3 Å². The van der Waals surface area contributed by atoms with Crippen LogP contribution in [0.25, 0.3) is 0 Å². The Hall–Kier alpha value is -2.02. The molecule has 0 heterocycles. The molecule has 6 nitrogen and oxygen atoms in total. The van der Waals surface area contributed by atoms with Gasteiger partial charge >= 0.3 is 5.97 Å². The normalized spacial score (nSPS) is 13.0. The monoisotopic (exact) mass is 338 g/mol. The largest absolute Gasteiger partial charge is 0.480 e.